The number of halogens is 2. The SMILES string of the molecule is C=C1CSC(C(C)C)C(=O)N1.CC(C)C1C(=O)NC(=O)C1(F)F.CC(C)C1C(=O)NC(=O)C12CC2.CC(C)C1CCC(=O)NO1.CC(C)C1CCONC1=O. The van der Waals surface area contributed by atoms with Crippen molar-refractivity contribution in [2.24, 2.45) is 52.8 Å². The summed E-state index contributed by atoms with van der Waals surface area (Å²) in [7, 11) is 0. The predicted octanol–water partition coefficient (Wildman–Crippen LogP) is 4.20. The van der Waals surface area contributed by atoms with Crippen LogP contribution >= 0.6 is 11.8 Å². The number of hydrogen-bond donors (Lipinski definition) is 5. The van der Waals surface area contributed by atoms with E-state index in [0.717, 1.165) is 37.1 Å². The van der Waals surface area contributed by atoms with Crippen molar-refractivity contribution >= 4 is 53.1 Å². The fourth-order valence-electron chi connectivity index (χ4n) is 6.81. The smallest absolute Gasteiger partial charge is 0.329 e. The van der Waals surface area contributed by atoms with Crippen molar-refractivity contribution in [3.05, 3.63) is 12.3 Å². The lowest BCUT2D eigenvalue weighted by Gasteiger charge is -2.25. The van der Waals surface area contributed by atoms with Crippen molar-refractivity contribution in [1.29, 1.82) is 0 Å². The summed E-state index contributed by atoms with van der Waals surface area (Å²) in [6.45, 7) is 23.7. The number of amides is 7. The molecule has 14 nitrogen and oxygen atoms in total. The van der Waals surface area contributed by atoms with Gasteiger partial charge in [-0.3, -0.25) is 53.9 Å². The van der Waals surface area contributed by atoms with E-state index in [9.17, 15) is 42.3 Å². The highest BCUT2D eigenvalue weighted by Crippen LogP contribution is 2.57. The highest BCUT2D eigenvalue weighted by Gasteiger charge is 2.63. The lowest BCUT2D eigenvalue weighted by atomic mass is 9.83. The van der Waals surface area contributed by atoms with Crippen molar-refractivity contribution in [1.82, 2.24) is 26.9 Å². The molecule has 0 radical (unpaired) electrons. The molecule has 5 aliphatic heterocycles. The van der Waals surface area contributed by atoms with E-state index in [-0.39, 0.29) is 64.1 Å². The molecule has 5 atom stereocenters. The van der Waals surface area contributed by atoms with Crippen molar-refractivity contribution in [2.75, 3.05) is 12.4 Å². The van der Waals surface area contributed by atoms with Gasteiger partial charge in [0.2, 0.25) is 35.4 Å². The molecule has 6 aliphatic rings. The lowest BCUT2D eigenvalue weighted by molar-refractivity contribution is -0.151. The third-order valence-electron chi connectivity index (χ3n) is 10.1. The first kappa shape index (κ1) is 47.7. The number of nitrogens with one attached hydrogen (secondary N) is 5. The number of carbonyl (C=O) groups is 7. The second kappa shape index (κ2) is 20.6. The molecule has 6 fully saturated rings. The summed E-state index contributed by atoms with van der Waals surface area (Å²) in [5.41, 5.74) is 5.29. The molecule has 55 heavy (non-hydrogen) atoms. The second-order valence-corrected chi connectivity index (χ2v) is 17.5. The van der Waals surface area contributed by atoms with Gasteiger partial charge in [0, 0.05) is 23.8 Å². The van der Waals surface area contributed by atoms with E-state index in [2.05, 4.69) is 69.7 Å². The normalized spacial score (nSPS) is 27.8. The van der Waals surface area contributed by atoms with Crippen LogP contribution in [0, 0.1) is 52.8 Å². The minimum atomic E-state index is -3.54. The molecule has 5 heterocycles. The number of alkyl halides is 2. The van der Waals surface area contributed by atoms with Crippen LogP contribution in [-0.2, 0) is 43.2 Å². The van der Waals surface area contributed by atoms with Gasteiger partial charge >= 0.3 is 5.92 Å². The fourth-order valence-corrected chi connectivity index (χ4v) is 7.86. The molecule has 7 amide bonds. The molecule has 1 aliphatic carbocycles. The van der Waals surface area contributed by atoms with Crippen LogP contribution < -0.4 is 26.9 Å². The molecule has 0 bridgehead atoms. The van der Waals surface area contributed by atoms with Crippen LogP contribution in [0.15, 0.2) is 12.3 Å². The zero-order valence-corrected chi connectivity index (χ0v) is 34.6. The number of carbonyl (C=O) groups excluding carboxylic acids is 7. The van der Waals surface area contributed by atoms with Gasteiger partial charge in [-0.05, 0) is 55.3 Å². The summed E-state index contributed by atoms with van der Waals surface area (Å²) < 4.78 is 25.7. The molecular formula is C38H61F2N5O9S. The van der Waals surface area contributed by atoms with Gasteiger partial charge in [0.15, 0.2) is 0 Å². The molecule has 1 spiro atoms. The molecule has 312 valence electrons. The van der Waals surface area contributed by atoms with Crippen molar-refractivity contribution in [3.8, 4) is 0 Å². The Balaban J connectivity index is 0.000000238. The van der Waals surface area contributed by atoms with Crippen molar-refractivity contribution < 1.29 is 52.0 Å². The van der Waals surface area contributed by atoms with Crippen LogP contribution in [0.3, 0.4) is 0 Å². The van der Waals surface area contributed by atoms with Gasteiger partial charge in [0.25, 0.3) is 5.91 Å². The zero-order chi connectivity index (χ0) is 42.0. The van der Waals surface area contributed by atoms with Gasteiger partial charge in [-0.2, -0.15) is 8.78 Å². The van der Waals surface area contributed by atoms with E-state index >= 15 is 0 Å². The summed E-state index contributed by atoms with van der Waals surface area (Å²) in [5.74, 6) is -5.36. The highest BCUT2D eigenvalue weighted by molar-refractivity contribution is 8.00. The summed E-state index contributed by atoms with van der Waals surface area (Å²) in [5, 5.41) is 6.90. The minimum absolute atomic E-state index is 0.00287. The molecule has 17 heteroatoms. The standard InChI is InChI=1S/C9H13NO2.C8H13NOS.C7H9F2NO2.2C7H13NO2/c1-5(2)6-7(11)10-8(12)9(6)3-4-9;1-5(2)7-8(10)9-6(3)4-11-7;1-3(2)4-5(11)10-6(12)7(4,8)9;1-5(2)6-3-4-10-8-7(6)9;1-5(2)6-3-4-7(9)8-10-6/h5-6H,3-4H2,1-2H3,(H,10,11,12);5,7H,3-4H2,1-2H3,(H,9,10);3-4H,1-2H3,(H,10,11,12);2*5-6H,3-4H2,1-2H3,(H,8,9). The highest BCUT2D eigenvalue weighted by atomic mass is 32.2. The van der Waals surface area contributed by atoms with Crippen LogP contribution in [0.25, 0.3) is 0 Å². The Hall–Kier alpha value is -3.44. The van der Waals surface area contributed by atoms with Crippen LogP contribution in [-0.4, -0.2) is 71.0 Å². The van der Waals surface area contributed by atoms with E-state index in [1.165, 1.54) is 13.8 Å². The average Bonchev–Trinajstić information content (AvgIpc) is 3.77. The second-order valence-electron chi connectivity index (χ2n) is 16.3. The Labute approximate surface area is 327 Å². The monoisotopic (exact) mass is 801 g/mol. The summed E-state index contributed by atoms with van der Waals surface area (Å²) in [6, 6.07) is 0. The molecule has 0 aromatic heterocycles. The van der Waals surface area contributed by atoms with Crippen molar-refractivity contribution in [2.45, 2.75) is 119 Å². The fraction of sp³-hybridized carbons (Fsp3) is 0.763. The van der Waals surface area contributed by atoms with E-state index in [4.69, 9.17) is 9.68 Å². The molecule has 0 aromatic rings. The van der Waals surface area contributed by atoms with Gasteiger partial charge in [-0.15, -0.1) is 11.8 Å². The van der Waals surface area contributed by atoms with Gasteiger partial charge in [-0.25, -0.2) is 11.0 Å². The Morgan fingerprint density at radius 2 is 1.24 bits per heavy atom. The lowest BCUT2D eigenvalue weighted by Crippen LogP contribution is -2.40. The maximum atomic E-state index is 12.9. The van der Waals surface area contributed by atoms with Gasteiger partial charge in [0.05, 0.1) is 29.3 Å². The first-order valence-electron chi connectivity index (χ1n) is 19.0. The van der Waals surface area contributed by atoms with Crippen molar-refractivity contribution in [3.63, 3.8) is 0 Å². The first-order chi connectivity index (χ1) is 25.5. The zero-order valence-electron chi connectivity index (χ0n) is 33.8. The van der Waals surface area contributed by atoms with E-state index in [1.54, 1.807) is 17.1 Å². The summed E-state index contributed by atoms with van der Waals surface area (Å²) in [6.07, 6.45) is 4.30. The van der Waals surface area contributed by atoms with E-state index in [0.29, 0.717) is 30.8 Å². The maximum Gasteiger partial charge on any atom is 0.336 e. The summed E-state index contributed by atoms with van der Waals surface area (Å²) in [4.78, 5) is 86.7. The van der Waals surface area contributed by atoms with Gasteiger partial charge < -0.3 is 5.32 Å². The first-order valence-corrected chi connectivity index (χ1v) is 20.1. The Kier molecular flexibility index (Phi) is 17.9. The molecule has 0 aromatic carbocycles. The predicted molar refractivity (Wildman–Crippen MR) is 202 cm³/mol. The molecule has 6 rings (SSSR count). The van der Waals surface area contributed by atoms with Crippen LogP contribution in [0.4, 0.5) is 8.78 Å². The molecular weight excluding hydrogens is 741 g/mol. The van der Waals surface area contributed by atoms with Crippen LogP contribution in [0.2, 0.25) is 0 Å². The van der Waals surface area contributed by atoms with E-state index in [1.807, 2.05) is 13.8 Å². The third kappa shape index (κ3) is 13.1. The largest absolute Gasteiger partial charge is 0.336 e. The van der Waals surface area contributed by atoms with Crippen LogP contribution in [0.5, 0.6) is 0 Å². The Morgan fingerprint density at radius 3 is 1.58 bits per heavy atom. The minimum Gasteiger partial charge on any atom is -0.329 e. The number of thioether (sulfide) groups is 1. The van der Waals surface area contributed by atoms with Crippen LogP contribution in [0.1, 0.15) is 101 Å². The molecule has 5 N–H and O–H groups in total. The molecule has 5 unspecified atom stereocenters. The van der Waals surface area contributed by atoms with E-state index < -0.39 is 29.6 Å². The number of hydrogen-bond acceptors (Lipinski definition) is 10. The Morgan fingerprint density at radius 1 is 0.673 bits per heavy atom. The summed E-state index contributed by atoms with van der Waals surface area (Å²) >= 11 is 1.68. The quantitative estimate of drug-likeness (QED) is 0.251. The molecule has 5 saturated heterocycles. The average molecular weight is 802 g/mol. The number of imide groups is 2. The topological polar surface area (TPSA) is 198 Å². The van der Waals surface area contributed by atoms with Gasteiger partial charge in [-0.1, -0.05) is 75.8 Å². The third-order valence-corrected chi connectivity index (χ3v) is 11.7. The number of hydroxylamine groups is 2. The van der Waals surface area contributed by atoms with Gasteiger partial charge in [0.1, 0.15) is 5.92 Å². The molecule has 1 saturated carbocycles. The maximum absolute atomic E-state index is 12.9. The Bertz CT molecular complexity index is 1380. The number of rotatable bonds is 5.